The van der Waals surface area contributed by atoms with Crippen molar-refractivity contribution in [2.24, 2.45) is 0 Å². The number of carbonyl (C=O) groups is 1. The van der Waals surface area contributed by atoms with Gasteiger partial charge in [0.15, 0.2) is 9.84 Å². The maximum absolute atomic E-state index is 12.3. The lowest BCUT2D eigenvalue weighted by Crippen LogP contribution is -2.15. The third kappa shape index (κ3) is 9.67. The van der Waals surface area contributed by atoms with Crippen molar-refractivity contribution in [3.8, 4) is 0 Å². The molecule has 0 aliphatic rings. The van der Waals surface area contributed by atoms with Crippen LogP contribution in [-0.2, 0) is 33.6 Å². The van der Waals surface area contributed by atoms with E-state index in [1.165, 1.54) is 19.1 Å². The van der Waals surface area contributed by atoms with Crippen molar-refractivity contribution in [1.29, 1.82) is 0 Å². The van der Waals surface area contributed by atoms with Gasteiger partial charge >= 0.3 is 5.97 Å². The lowest BCUT2D eigenvalue weighted by molar-refractivity contribution is -0.140. The first-order valence-corrected chi connectivity index (χ1v) is 10.3. The molecule has 0 radical (unpaired) electrons. The molecule has 0 aromatic heterocycles. The summed E-state index contributed by atoms with van der Waals surface area (Å²) in [5.41, 5.74) is 0.962. The number of esters is 1. The highest BCUT2D eigenvalue weighted by atomic mass is 32.2. The van der Waals surface area contributed by atoms with Crippen molar-refractivity contribution >= 4 is 15.8 Å². The Hall–Kier alpha value is -1.74. The second kappa shape index (κ2) is 12.6. The third-order valence-corrected chi connectivity index (χ3v) is 5.01. The van der Waals surface area contributed by atoms with Crippen LogP contribution in [0.1, 0.15) is 19.4 Å². The van der Waals surface area contributed by atoms with E-state index in [-0.39, 0.29) is 23.7 Å². The highest BCUT2D eigenvalue weighted by molar-refractivity contribution is 7.94. The van der Waals surface area contributed by atoms with Gasteiger partial charge in [-0.05, 0) is 32.9 Å². The molecule has 152 valence electrons. The molecular formula is C19H28O7S. The van der Waals surface area contributed by atoms with Gasteiger partial charge in [-0.1, -0.05) is 17.7 Å². The molecule has 7 nitrogen and oxygen atoms in total. The summed E-state index contributed by atoms with van der Waals surface area (Å²) in [6.45, 7) is 7.94. The van der Waals surface area contributed by atoms with Crippen molar-refractivity contribution in [2.75, 3.05) is 46.2 Å². The molecule has 1 aromatic carbocycles. The van der Waals surface area contributed by atoms with Gasteiger partial charge in [-0.2, -0.15) is 0 Å². The molecule has 0 saturated heterocycles. The van der Waals surface area contributed by atoms with E-state index in [2.05, 4.69) is 0 Å². The van der Waals surface area contributed by atoms with Gasteiger partial charge in [0.1, 0.15) is 6.61 Å². The average molecular weight is 400 g/mol. The van der Waals surface area contributed by atoms with Crippen LogP contribution in [0.2, 0.25) is 0 Å². The molecule has 8 heteroatoms. The first kappa shape index (κ1) is 23.3. The maximum atomic E-state index is 12.3. The van der Waals surface area contributed by atoms with Crippen LogP contribution in [0, 0.1) is 6.92 Å². The zero-order valence-electron chi connectivity index (χ0n) is 16.1. The predicted molar refractivity (Wildman–Crippen MR) is 101 cm³/mol. The Bertz CT molecular complexity index is 693. The van der Waals surface area contributed by atoms with Gasteiger partial charge in [0.25, 0.3) is 0 Å². The van der Waals surface area contributed by atoms with E-state index < -0.39 is 15.8 Å². The smallest absolute Gasteiger partial charge is 0.334 e. The lowest BCUT2D eigenvalue weighted by atomic mass is 10.2. The molecule has 0 spiro atoms. The summed E-state index contributed by atoms with van der Waals surface area (Å²) in [5.74, 6) is -0.692. The zero-order valence-corrected chi connectivity index (χ0v) is 16.9. The highest BCUT2D eigenvalue weighted by Gasteiger charge is 2.15. The molecule has 0 bridgehead atoms. The number of sulfone groups is 1. The van der Waals surface area contributed by atoms with Gasteiger partial charge in [0, 0.05) is 17.6 Å². The summed E-state index contributed by atoms with van der Waals surface area (Å²) in [6, 6.07) is 6.41. The first-order valence-electron chi connectivity index (χ1n) is 8.77. The number of hydrogen-bond donors (Lipinski definition) is 0. The van der Waals surface area contributed by atoms with E-state index in [0.29, 0.717) is 33.0 Å². The van der Waals surface area contributed by atoms with Crippen molar-refractivity contribution < 1.29 is 32.2 Å². The molecule has 0 amide bonds. The second-order valence-electron chi connectivity index (χ2n) is 5.72. The molecule has 0 fully saturated rings. The quantitative estimate of drug-likeness (QED) is 0.285. The fraction of sp³-hybridized carbons (Fsp3) is 0.526. The molecule has 0 atom stereocenters. The average Bonchev–Trinajstić information content (AvgIpc) is 2.63. The van der Waals surface area contributed by atoms with E-state index >= 15 is 0 Å². The SMILES string of the molecule is CCOCCOCCOCCOC(=O)/C(C)=C/S(=O)(=O)c1ccc(C)cc1. The van der Waals surface area contributed by atoms with Crippen LogP contribution in [0.15, 0.2) is 40.1 Å². The molecule has 0 saturated carbocycles. The van der Waals surface area contributed by atoms with E-state index in [1.807, 2.05) is 13.8 Å². The Kier molecular flexibility index (Phi) is 10.9. The minimum atomic E-state index is -3.69. The summed E-state index contributed by atoms with van der Waals surface area (Å²) in [4.78, 5) is 12.0. The van der Waals surface area contributed by atoms with E-state index in [0.717, 1.165) is 11.0 Å². The molecule has 0 N–H and O–H groups in total. The van der Waals surface area contributed by atoms with Crippen molar-refractivity contribution in [3.05, 3.63) is 40.8 Å². The predicted octanol–water partition coefficient (Wildman–Crippen LogP) is 2.29. The summed E-state index contributed by atoms with van der Waals surface area (Å²) >= 11 is 0. The third-order valence-electron chi connectivity index (χ3n) is 3.41. The Labute approximate surface area is 161 Å². The molecule has 0 aliphatic heterocycles. The maximum Gasteiger partial charge on any atom is 0.334 e. The topological polar surface area (TPSA) is 88.1 Å². The summed E-state index contributed by atoms with van der Waals surface area (Å²) in [6.07, 6.45) is 0. The standard InChI is InChI=1S/C19H28O7S/c1-4-23-9-10-24-11-12-25-13-14-26-19(20)17(3)15-27(21,22)18-7-5-16(2)6-8-18/h5-8,15H,4,9-14H2,1-3H3/b17-15+. The van der Waals surface area contributed by atoms with E-state index in [9.17, 15) is 13.2 Å². The minimum Gasteiger partial charge on any atom is -0.460 e. The number of ether oxygens (including phenoxy) is 4. The Morgan fingerprint density at radius 1 is 0.926 bits per heavy atom. The van der Waals surface area contributed by atoms with Crippen LogP contribution >= 0.6 is 0 Å². The van der Waals surface area contributed by atoms with Gasteiger partial charge in [-0.25, -0.2) is 13.2 Å². The molecule has 1 aromatic rings. The summed E-state index contributed by atoms with van der Waals surface area (Å²) < 4.78 is 45.2. The van der Waals surface area contributed by atoms with E-state index in [1.54, 1.807) is 12.1 Å². The normalized spacial score (nSPS) is 12.2. The van der Waals surface area contributed by atoms with Crippen LogP contribution in [0.4, 0.5) is 0 Å². The largest absolute Gasteiger partial charge is 0.460 e. The van der Waals surface area contributed by atoms with E-state index in [4.69, 9.17) is 18.9 Å². The van der Waals surface area contributed by atoms with Crippen LogP contribution < -0.4 is 0 Å². The van der Waals surface area contributed by atoms with Gasteiger partial charge in [-0.15, -0.1) is 0 Å². The molecule has 0 aliphatic carbocycles. The van der Waals surface area contributed by atoms with Gasteiger partial charge < -0.3 is 18.9 Å². The fourth-order valence-corrected chi connectivity index (χ4v) is 3.18. The summed E-state index contributed by atoms with van der Waals surface area (Å²) in [5, 5.41) is 0.924. The Morgan fingerprint density at radius 3 is 2.00 bits per heavy atom. The van der Waals surface area contributed by atoms with Crippen molar-refractivity contribution in [1.82, 2.24) is 0 Å². The number of aryl methyl sites for hydroxylation is 1. The van der Waals surface area contributed by atoms with Gasteiger partial charge in [0.05, 0.1) is 37.9 Å². The number of benzene rings is 1. The molecule has 27 heavy (non-hydrogen) atoms. The van der Waals surface area contributed by atoms with Crippen molar-refractivity contribution in [3.63, 3.8) is 0 Å². The molecule has 1 rings (SSSR count). The minimum absolute atomic E-state index is 0.00910. The lowest BCUT2D eigenvalue weighted by Gasteiger charge is -2.07. The zero-order chi connectivity index (χ0) is 20.1. The molecule has 0 unspecified atom stereocenters. The number of rotatable bonds is 13. The Morgan fingerprint density at radius 2 is 1.44 bits per heavy atom. The van der Waals surface area contributed by atoms with Crippen LogP contribution in [0.25, 0.3) is 0 Å². The monoisotopic (exact) mass is 400 g/mol. The van der Waals surface area contributed by atoms with Crippen molar-refractivity contribution in [2.45, 2.75) is 25.7 Å². The summed E-state index contributed by atoms with van der Waals surface area (Å²) in [7, 11) is -3.69. The second-order valence-corrected chi connectivity index (χ2v) is 7.51. The van der Waals surface area contributed by atoms with Crippen LogP contribution in [-0.4, -0.2) is 60.6 Å². The molecule has 0 heterocycles. The fourth-order valence-electron chi connectivity index (χ4n) is 1.97. The van der Waals surface area contributed by atoms with Crippen LogP contribution in [0.3, 0.4) is 0 Å². The molecular weight excluding hydrogens is 372 g/mol. The van der Waals surface area contributed by atoms with Crippen LogP contribution in [0.5, 0.6) is 0 Å². The highest BCUT2D eigenvalue weighted by Crippen LogP contribution is 2.15. The number of hydrogen-bond acceptors (Lipinski definition) is 7. The Balaban J connectivity index is 2.29. The van der Waals surface area contributed by atoms with Gasteiger partial charge in [-0.3, -0.25) is 0 Å². The number of carbonyl (C=O) groups excluding carboxylic acids is 1. The first-order chi connectivity index (χ1) is 12.9. The van der Waals surface area contributed by atoms with Gasteiger partial charge in [0.2, 0.25) is 0 Å².